The molecule has 1 aliphatic rings. The number of rotatable bonds is 5. The van der Waals surface area contributed by atoms with Gasteiger partial charge in [-0.1, -0.05) is 18.2 Å². The number of ether oxygens (including phenoxy) is 1. The molecule has 3 N–H and O–H groups in total. The van der Waals surface area contributed by atoms with Crippen molar-refractivity contribution in [2.45, 2.75) is 25.4 Å². The zero-order valence-electron chi connectivity index (χ0n) is 12.0. The topological polar surface area (TPSA) is 98.5 Å². The summed E-state index contributed by atoms with van der Waals surface area (Å²) in [4.78, 5) is 11.9. The Hall–Kier alpha value is -1.60. The van der Waals surface area contributed by atoms with E-state index in [0.717, 1.165) is 5.56 Å². The molecule has 116 valence electrons. The fourth-order valence-electron chi connectivity index (χ4n) is 2.44. The number of benzene rings is 1. The first kappa shape index (κ1) is 15.8. The molecule has 0 saturated carbocycles. The molecule has 1 unspecified atom stereocenters. The number of carbonyl (C=O) groups is 1. The summed E-state index contributed by atoms with van der Waals surface area (Å²) < 4.78 is 28.4. The number of sulfone groups is 1. The molecule has 0 aromatic heterocycles. The maximum atomic E-state index is 11.9. The van der Waals surface area contributed by atoms with Crippen LogP contribution in [-0.4, -0.2) is 38.0 Å². The van der Waals surface area contributed by atoms with Gasteiger partial charge in [-0.2, -0.15) is 0 Å². The molecule has 6 nitrogen and oxygen atoms in total. The fraction of sp³-hybridized carbons (Fsp3) is 0.500. The Morgan fingerprint density at radius 1 is 1.43 bits per heavy atom. The van der Waals surface area contributed by atoms with Gasteiger partial charge in [0, 0.05) is 12.1 Å². The molecule has 1 amide bonds. The van der Waals surface area contributed by atoms with Crippen LogP contribution in [0.25, 0.3) is 0 Å². The van der Waals surface area contributed by atoms with E-state index in [4.69, 9.17) is 10.5 Å². The molecule has 1 aliphatic heterocycles. The van der Waals surface area contributed by atoms with E-state index in [1.165, 1.54) is 0 Å². The number of amides is 1. The van der Waals surface area contributed by atoms with Crippen LogP contribution in [0.15, 0.2) is 24.3 Å². The maximum Gasteiger partial charge on any atom is 0.258 e. The first-order valence-electron chi connectivity index (χ1n) is 6.76. The van der Waals surface area contributed by atoms with Crippen molar-refractivity contribution in [1.29, 1.82) is 0 Å². The molecule has 0 aliphatic carbocycles. The van der Waals surface area contributed by atoms with Gasteiger partial charge in [-0.3, -0.25) is 4.79 Å². The molecular formula is C14H20N2O4S. The summed E-state index contributed by atoms with van der Waals surface area (Å²) in [6.45, 7) is 1.91. The molecule has 2 rings (SSSR count). The van der Waals surface area contributed by atoms with Crippen LogP contribution in [0.1, 0.15) is 18.9 Å². The quantitative estimate of drug-likeness (QED) is 0.810. The van der Waals surface area contributed by atoms with Crippen LogP contribution in [0, 0.1) is 0 Å². The zero-order chi connectivity index (χ0) is 15.5. The molecule has 1 fully saturated rings. The van der Waals surface area contributed by atoms with Crippen molar-refractivity contribution in [3.05, 3.63) is 29.8 Å². The van der Waals surface area contributed by atoms with Crippen LogP contribution < -0.4 is 15.8 Å². The monoisotopic (exact) mass is 312 g/mol. The lowest BCUT2D eigenvalue weighted by Gasteiger charge is -2.24. The lowest BCUT2D eigenvalue weighted by Crippen LogP contribution is -2.48. The van der Waals surface area contributed by atoms with Crippen LogP contribution in [-0.2, 0) is 21.2 Å². The van der Waals surface area contributed by atoms with E-state index < -0.39 is 15.4 Å². The van der Waals surface area contributed by atoms with E-state index in [9.17, 15) is 13.2 Å². The summed E-state index contributed by atoms with van der Waals surface area (Å²) >= 11 is 0. The highest BCUT2D eigenvalue weighted by molar-refractivity contribution is 7.91. The maximum absolute atomic E-state index is 11.9. The third-order valence-corrected chi connectivity index (χ3v) is 5.40. The Bertz CT molecular complexity index is 630. The fourth-order valence-corrected chi connectivity index (χ4v) is 4.53. The molecule has 0 radical (unpaired) electrons. The number of hydrogen-bond donors (Lipinski definition) is 2. The minimum absolute atomic E-state index is 0.0227. The molecular weight excluding hydrogens is 292 g/mol. The van der Waals surface area contributed by atoms with E-state index >= 15 is 0 Å². The van der Waals surface area contributed by atoms with E-state index in [2.05, 4.69) is 5.32 Å². The Morgan fingerprint density at radius 3 is 2.76 bits per heavy atom. The molecule has 0 spiro atoms. The zero-order valence-corrected chi connectivity index (χ0v) is 12.8. The van der Waals surface area contributed by atoms with Gasteiger partial charge >= 0.3 is 0 Å². The Labute approximate surface area is 124 Å². The predicted molar refractivity (Wildman–Crippen MR) is 79.6 cm³/mol. The second-order valence-corrected chi connectivity index (χ2v) is 7.74. The molecule has 1 heterocycles. The molecule has 7 heteroatoms. The minimum Gasteiger partial charge on any atom is -0.483 e. The molecule has 0 bridgehead atoms. The summed E-state index contributed by atoms with van der Waals surface area (Å²) in [5, 5.41) is 2.74. The average molecular weight is 312 g/mol. The first-order valence-corrected chi connectivity index (χ1v) is 8.58. The standard InChI is InChI=1S/C14H20N2O4S/c1-14(6-7-21(18,19)10-14)16-13(17)9-20-12-5-3-2-4-11(12)8-15/h2-5H,6-10,15H2,1H3,(H,16,17). The van der Waals surface area contributed by atoms with Crippen LogP contribution in [0.4, 0.5) is 0 Å². The lowest BCUT2D eigenvalue weighted by molar-refractivity contribution is -0.124. The van der Waals surface area contributed by atoms with Gasteiger partial charge in [-0.05, 0) is 19.4 Å². The van der Waals surface area contributed by atoms with Gasteiger partial charge < -0.3 is 15.8 Å². The summed E-state index contributed by atoms with van der Waals surface area (Å²) in [6.07, 6.45) is 0.431. The van der Waals surface area contributed by atoms with Gasteiger partial charge in [0.1, 0.15) is 5.75 Å². The van der Waals surface area contributed by atoms with E-state index in [0.29, 0.717) is 18.7 Å². The summed E-state index contributed by atoms with van der Waals surface area (Å²) in [7, 11) is -3.05. The van der Waals surface area contributed by atoms with Crippen molar-refractivity contribution < 1.29 is 17.9 Å². The van der Waals surface area contributed by atoms with Crippen LogP contribution >= 0.6 is 0 Å². The van der Waals surface area contributed by atoms with Gasteiger partial charge in [-0.15, -0.1) is 0 Å². The third-order valence-electron chi connectivity index (χ3n) is 3.50. The second kappa shape index (κ2) is 6.03. The average Bonchev–Trinajstić information content (AvgIpc) is 2.70. The van der Waals surface area contributed by atoms with Crippen molar-refractivity contribution in [2.75, 3.05) is 18.1 Å². The SMILES string of the molecule is CC1(NC(=O)COc2ccccc2CN)CCS(=O)(=O)C1. The number of nitrogens with two attached hydrogens (primary N) is 1. The van der Waals surface area contributed by atoms with Crippen molar-refractivity contribution in [3.8, 4) is 5.75 Å². The van der Waals surface area contributed by atoms with Crippen molar-refractivity contribution in [3.63, 3.8) is 0 Å². The summed E-state index contributed by atoms with van der Waals surface area (Å²) in [5.41, 5.74) is 5.71. The highest BCUT2D eigenvalue weighted by atomic mass is 32.2. The predicted octanol–water partition coefficient (Wildman–Crippen LogP) is 0.217. The van der Waals surface area contributed by atoms with Gasteiger partial charge in [-0.25, -0.2) is 8.42 Å². The van der Waals surface area contributed by atoms with Crippen molar-refractivity contribution in [2.24, 2.45) is 5.73 Å². The lowest BCUT2D eigenvalue weighted by atomic mass is 10.0. The number of nitrogens with one attached hydrogen (secondary N) is 1. The summed E-state index contributed by atoms with van der Waals surface area (Å²) in [5.74, 6) is 0.326. The van der Waals surface area contributed by atoms with Gasteiger partial charge in [0.15, 0.2) is 16.4 Å². The first-order chi connectivity index (χ1) is 9.84. The summed E-state index contributed by atoms with van der Waals surface area (Å²) in [6, 6.07) is 7.23. The molecule has 21 heavy (non-hydrogen) atoms. The molecule has 1 aromatic carbocycles. The van der Waals surface area contributed by atoms with Crippen LogP contribution in [0.5, 0.6) is 5.75 Å². The van der Waals surface area contributed by atoms with Crippen molar-refractivity contribution in [1.82, 2.24) is 5.32 Å². The number of para-hydroxylation sites is 1. The second-order valence-electron chi connectivity index (χ2n) is 5.55. The molecule has 1 aromatic rings. The van der Waals surface area contributed by atoms with Gasteiger partial charge in [0.05, 0.1) is 17.0 Å². The van der Waals surface area contributed by atoms with Crippen LogP contribution in [0.2, 0.25) is 0 Å². The van der Waals surface area contributed by atoms with E-state index in [1.807, 2.05) is 12.1 Å². The Morgan fingerprint density at radius 2 is 2.14 bits per heavy atom. The third kappa shape index (κ3) is 4.18. The number of carbonyl (C=O) groups excluding carboxylic acids is 1. The Balaban J connectivity index is 1.91. The van der Waals surface area contributed by atoms with E-state index in [-0.39, 0.29) is 24.0 Å². The highest BCUT2D eigenvalue weighted by Crippen LogP contribution is 2.23. The van der Waals surface area contributed by atoms with Crippen LogP contribution in [0.3, 0.4) is 0 Å². The van der Waals surface area contributed by atoms with Crippen molar-refractivity contribution >= 4 is 15.7 Å². The molecule has 1 atom stereocenters. The Kier molecular flexibility index (Phi) is 4.53. The normalized spacial score (nSPS) is 23.7. The molecule has 1 saturated heterocycles. The van der Waals surface area contributed by atoms with Gasteiger partial charge in [0.2, 0.25) is 0 Å². The largest absolute Gasteiger partial charge is 0.483 e. The highest BCUT2D eigenvalue weighted by Gasteiger charge is 2.39. The van der Waals surface area contributed by atoms with Gasteiger partial charge in [0.25, 0.3) is 5.91 Å². The smallest absolute Gasteiger partial charge is 0.258 e. The van der Waals surface area contributed by atoms with E-state index in [1.54, 1.807) is 19.1 Å². The number of hydrogen-bond acceptors (Lipinski definition) is 5. The minimum atomic E-state index is -3.05.